The molecule has 0 saturated heterocycles. The molecule has 25 heavy (non-hydrogen) atoms. The van der Waals surface area contributed by atoms with Crippen LogP contribution in [0.1, 0.15) is 6.99 Å². The van der Waals surface area contributed by atoms with E-state index in [0.717, 1.165) is 4.90 Å². The summed E-state index contributed by atoms with van der Waals surface area (Å²) in [5.41, 5.74) is 1.17. The third kappa shape index (κ3) is 29.6. The monoisotopic (exact) mass is 756 g/mol. The van der Waals surface area contributed by atoms with Gasteiger partial charge in [0.15, 0.2) is 0 Å². The average molecular weight is 756 g/mol. The molecule has 0 bridgehead atoms. The van der Waals surface area contributed by atoms with Crippen molar-refractivity contribution in [1.82, 2.24) is 0 Å². The van der Waals surface area contributed by atoms with Crippen LogP contribution in [-0.2, 0) is 9.68 Å². The fraction of sp³-hybridized carbons (Fsp3) is 0.0714. The maximum absolute atomic E-state index is 8.76. The molecule has 2 aromatic carbocycles. The summed E-state index contributed by atoms with van der Waals surface area (Å²) in [5.74, 6) is 0.610. The molecule has 2 N–H and O–H groups in total. The molecule has 0 unspecified atom stereocenters. The minimum absolute atomic E-state index is 0. The molecule has 0 aromatic heterocycles. The number of hydrogen-bond acceptors (Lipinski definition) is 6. The summed E-state index contributed by atoms with van der Waals surface area (Å²) in [5, 5.41) is 25.9. The third-order valence-electron chi connectivity index (χ3n) is 1.92. The number of rotatable bonds is 1. The van der Waals surface area contributed by atoms with E-state index < -0.39 is 0 Å². The number of thiol groups is 1. The van der Waals surface area contributed by atoms with Crippen molar-refractivity contribution in [2.24, 2.45) is 0 Å². The number of aromatic hydroxyl groups is 2. The summed E-state index contributed by atoms with van der Waals surface area (Å²) < 4.78 is 0. The van der Waals surface area contributed by atoms with Gasteiger partial charge in [0.05, 0.1) is 0 Å². The Hall–Kier alpha value is 3.28. The summed E-state index contributed by atoms with van der Waals surface area (Å²) in [7, 11) is 0. The second-order valence-electron chi connectivity index (χ2n) is 3.54. The Morgan fingerprint density at radius 1 is 1.00 bits per heavy atom. The van der Waals surface area contributed by atoms with E-state index in [9.17, 15) is 0 Å². The normalized spacial score (nSPS) is 6.92. The van der Waals surface area contributed by atoms with Gasteiger partial charge >= 0.3 is 103 Å². The van der Waals surface area contributed by atoms with Gasteiger partial charge in [-0.2, -0.15) is 0 Å². The van der Waals surface area contributed by atoms with Crippen molar-refractivity contribution >= 4 is 80.3 Å². The Labute approximate surface area is 280 Å². The number of carbonyl (C=O) groups excluding carboxylic acids is 1. The zero-order valence-electron chi connectivity index (χ0n) is 14.9. The predicted octanol–water partition coefficient (Wildman–Crippen LogP) is -1.67. The Balaban J connectivity index is -0.0000000533. The smallest absolute Gasteiger partial charge is 1.00 e. The van der Waals surface area contributed by atoms with Gasteiger partial charge in [-0.3, -0.25) is 4.79 Å². The molecule has 0 atom stereocenters. The molecule has 132 valence electrons. The molecule has 11 heteroatoms. The first-order valence-electron chi connectivity index (χ1n) is 5.59. The number of hydrogen-bond donors (Lipinski definition) is 3. The molecule has 0 heterocycles. The SMILES string of the molecule is Cc1ccc(O)cc1.I.II.O=CO[O-].Oc1ccc(S)cc1.[H-].[K+].[K+]. The van der Waals surface area contributed by atoms with Gasteiger partial charge in [-0.1, -0.05) is 17.7 Å². The predicted molar refractivity (Wildman–Crippen MR) is 120 cm³/mol. The van der Waals surface area contributed by atoms with Crippen molar-refractivity contribution in [3.8, 4) is 11.5 Å². The minimum Gasteiger partial charge on any atom is -1.00 e. The summed E-state index contributed by atoms with van der Waals surface area (Å²) in [6.07, 6.45) is 0. The van der Waals surface area contributed by atoms with Crippen LogP contribution in [0, 0.1) is 6.92 Å². The van der Waals surface area contributed by atoms with Gasteiger partial charge in [-0.05, 0) is 43.3 Å². The largest absolute Gasteiger partial charge is 1.00 e. The van der Waals surface area contributed by atoms with Crippen LogP contribution >= 0.6 is 73.8 Å². The first kappa shape index (κ1) is 38.8. The number of phenolic OH excluding ortho intramolecular Hbond substituents is 2. The summed E-state index contributed by atoms with van der Waals surface area (Å²) in [4.78, 5) is 12.1. The van der Waals surface area contributed by atoms with Crippen LogP contribution < -0.4 is 108 Å². The van der Waals surface area contributed by atoms with Crippen molar-refractivity contribution in [3.63, 3.8) is 0 Å². The standard InChI is InChI=1S/C7H8O.C6H6OS.CH2O3.I2.HI.2K.H/c1-6-2-4-7(8)5-3-6;7-5-1-3-6(8)4-2-5;2-1-4-3;1-2;;;;/h2-5,8H,1H3;1-4,7-8H;1,3H;;1H;;;/q;;;;;2*+1;-1/p-1. The van der Waals surface area contributed by atoms with Crippen LogP contribution in [0.25, 0.3) is 0 Å². The molecule has 5 nitrogen and oxygen atoms in total. The van der Waals surface area contributed by atoms with Gasteiger partial charge in [0, 0.05) is 42.1 Å². The Bertz CT molecular complexity index is 425. The molecular formula is C14H17I3K2O5S. The van der Waals surface area contributed by atoms with E-state index in [2.05, 4.69) is 54.7 Å². The maximum Gasteiger partial charge on any atom is 1.00 e. The van der Waals surface area contributed by atoms with Crippen molar-refractivity contribution in [2.75, 3.05) is 0 Å². The first-order chi connectivity index (χ1) is 10.5. The molecule has 0 saturated carbocycles. The number of phenols is 2. The molecule has 0 spiro atoms. The first-order valence-corrected chi connectivity index (χ1v) is 12.3. The van der Waals surface area contributed by atoms with E-state index in [1.165, 1.54) is 5.56 Å². The average Bonchev–Trinajstić information content (AvgIpc) is 2.56. The van der Waals surface area contributed by atoms with Crippen molar-refractivity contribution < 1.29 is 129 Å². The van der Waals surface area contributed by atoms with Gasteiger partial charge in [-0.15, -0.1) is 36.6 Å². The maximum atomic E-state index is 8.76. The van der Waals surface area contributed by atoms with Crippen LogP contribution in [-0.4, -0.2) is 16.7 Å². The second-order valence-corrected chi connectivity index (χ2v) is 4.06. The van der Waals surface area contributed by atoms with E-state index in [1.807, 2.05) is 19.1 Å². The van der Waals surface area contributed by atoms with Crippen LogP contribution in [0.4, 0.5) is 0 Å². The van der Waals surface area contributed by atoms with Gasteiger partial charge in [0.25, 0.3) is 6.47 Å². The molecule has 0 aliphatic carbocycles. The van der Waals surface area contributed by atoms with Crippen LogP contribution in [0.5, 0.6) is 11.5 Å². The fourth-order valence-corrected chi connectivity index (χ4v) is 1.15. The molecular weight excluding hydrogens is 739 g/mol. The molecule has 0 aliphatic rings. The number of aryl methyl sites for hydroxylation is 1. The molecule has 0 fully saturated rings. The van der Waals surface area contributed by atoms with Crippen molar-refractivity contribution in [3.05, 3.63) is 54.1 Å². The van der Waals surface area contributed by atoms with Gasteiger partial charge in [0.1, 0.15) is 11.5 Å². The fourth-order valence-electron chi connectivity index (χ4n) is 0.997. The Morgan fingerprint density at radius 3 is 1.48 bits per heavy atom. The number of halogens is 3. The molecule has 0 amide bonds. The van der Waals surface area contributed by atoms with Crippen LogP contribution in [0.3, 0.4) is 0 Å². The molecule has 0 radical (unpaired) electrons. The summed E-state index contributed by atoms with van der Waals surface area (Å²) in [6.45, 7) is 1.81. The van der Waals surface area contributed by atoms with E-state index in [4.69, 9.17) is 20.3 Å². The number of carbonyl (C=O) groups is 1. The third-order valence-corrected chi connectivity index (χ3v) is 2.22. The van der Waals surface area contributed by atoms with Gasteiger partial charge in [0.2, 0.25) is 0 Å². The zero-order valence-corrected chi connectivity index (χ0v) is 27.7. The minimum atomic E-state index is -0.181. The van der Waals surface area contributed by atoms with Crippen molar-refractivity contribution in [2.45, 2.75) is 11.8 Å². The zero-order chi connectivity index (χ0) is 17.4. The van der Waals surface area contributed by atoms with E-state index >= 15 is 0 Å². The summed E-state index contributed by atoms with van der Waals surface area (Å²) >= 11 is 8.26. The second kappa shape index (κ2) is 29.5. The van der Waals surface area contributed by atoms with Gasteiger partial charge < -0.3 is 21.8 Å². The molecule has 0 aliphatic heterocycles. The number of benzene rings is 2. The Kier molecular flexibility index (Phi) is 45.8. The van der Waals surface area contributed by atoms with E-state index in [1.54, 1.807) is 36.4 Å². The van der Waals surface area contributed by atoms with Crippen LogP contribution in [0.2, 0.25) is 0 Å². The van der Waals surface area contributed by atoms with E-state index in [0.29, 0.717) is 5.75 Å². The van der Waals surface area contributed by atoms with E-state index in [-0.39, 0.29) is 140 Å². The quantitative estimate of drug-likeness (QED) is 0.0810. The van der Waals surface area contributed by atoms with Crippen molar-refractivity contribution in [1.29, 1.82) is 0 Å². The van der Waals surface area contributed by atoms with Crippen LogP contribution in [0.15, 0.2) is 53.4 Å². The Morgan fingerprint density at radius 2 is 1.28 bits per heavy atom. The van der Waals surface area contributed by atoms with Gasteiger partial charge in [-0.25, -0.2) is 0 Å². The topological polar surface area (TPSA) is 89.8 Å². The molecule has 2 rings (SSSR count). The molecule has 2 aromatic rings. The summed E-state index contributed by atoms with van der Waals surface area (Å²) in [6, 6.07) is 13.8.